The fourth-order valence-electron chi connectivity index (χ4n) is 3.86. The molecule has 1 saturated heterocycles. The Kier molecular flexibility index (Phi) is 9.36. The van der Waals surface area contributed by atoms with Gasteiger partial charge in [0.2, 0.25) is 0 Å². The highest BCUT2D eigenvalue weighted by atomic mass is 79.9. The number of thioether (sulfide) groups is 1. The van der Waals surface area contributed by atoms with Gasteiger partial charge in [-0.15, -0.1) is 0 Å². The second kappa shape index (κ2) is 12.9. The summed E-state index contributed by atoms with van der Waals surface area (Å²) in [6.45, 7) is 5.03. The minimum atomic E-state index is -0.363. The second-order valence-electron chi connectivity index (χ2n) is 8.37. The highest BCUT2D eigenvalue weighted by Gasteiger charge is 2.35. The lowest BCUT2D eigenvalue weighted by molar-refractivity contribution is -0.123. The van der Waals surface area contributed by atoms with E-state index >= 15 is 0 Å². The number of rotatable bonds is 11. The predicted molar refractivity (Wildman–Crippen MR) is 152 cm³/mol. The zero-order chi connectivity index (χ0) is 27.1. The Morgan fingerprint density at radius 2 is 1.74 bits per heavy atom. The first-order valence-electron chi connectivity index (χ1n) is 12.1. The van der Waals surface area contributed by atoms with Gasteiger partial charge in [0.15, 0.2) is 23.0 Å². The van der Waals surface area contributed by atoms with Crippen LogP contribution in [-0.2, 0) is 11.4 Å². The minimum absolute atomic E-state index is 0.125. The molecule has 0 unspecified atom stereocenters. The normalized spacial score (nSPS) is 14.2. The van der Waals surface area contributed by atoms with Gasteiger partial charge in [-0.05, 0) is 83.0 Å². The number of benzene rings is 3. The van der Waals surface area contributed by atoms with Gasteiger partial charge in [0.25, 0.3) is 11.1 Å². The molecule has 3 aromatic rings. The Labute approximate surface area is 234 Å². The molecular formula is C29H28BrNO6S. The SMILES string of the molecule is CCOc1cc(/C=C2\SC(=O)N(CCOc3ccccc3OC)C2=O)cc(Br)c1OCc1cccc(C)c1. The van der Waals surface area contributed by atoms with Crippen LogP contribution in [0.5, 0.6) is 23.0 Å². The molecule has 1 aliphatic heterocycles. The van der Waals surface area contributed by atoms with Gasteiger partial charge in [-0.25, -0.2) is 0 Å². The highest BCUT2D eigenvalue weighted by molar-refractivity contribution is 9.10. The van der Waals surface area contributed by atoms with Crippen LogP contribution in [0.3, 0.4) is 0 Å². The van der Waals surface area contributed by atoms with Crippen molar-refractivity contribution >= 4 is 44.9 Å². The van der Waals surface area contributed by atoms with Crippen LogP contribution in [0.25, 0.3) is 6.08 Å². The number of aryl methyl sites for hydroxylation is 1. The minimum Gasteiger partial charge on any atom is -0.493 e. The molecule has 0 bridgehead atoms. The maximum Gasteiger partial charge on any atom is 0.293 e. The Morgan fingerprint density at radius 3 is 2.47 bits per heavy atom. The monoisotopic (exact) mass is 597 g/mol. The quantitative estimate of drug-likeness (QED) is 0.223. The molecule has 0 spiro atoms. The van der Waals surface area contributed by atoms with E-state index in [0.717, 1.165) is 22.9 Å². The molecule has 0 radical (unpaired) electrons. The number of carbonyl (C=O) groups is 2. The summed E-state index contributed by atoms with van der Waals surface area (Å²) in [5.74, 6) is 1.90. The number of hydrogen-bond acceptors (Lipinski definition) is 7. The number of ether oxygens (including phenoxy) is 4. The molecule has 0 aromatic heterocycles. The fraction of sp³-hybridized carbons (Fsp3) is 0.241. The van der Waals surface area contributed by atoms with Crippen molar-refractivity contribution in [2.24, 2.45) is 0 Å². The number of nitrogens with zero attached hydrogens (tertiary/aromatic N) is 1. The smallest absolute Gasteiger partial charge is 0.293 e. The largest absolute Gasteiger partial charge is 0.493 e. The van der Waals surface area contributed by atoms with Crippen molar-refractivity contribution in [3.05, 3.63) is 86.7 Å². The zero-order valence-corrected chi connectivity index (χ0v) is 23.8. The van der Waals surface area contributed by atoms with Crippen molar-refractivity contribution in [3.63, 3.8) is 0 Å². The molecule has 38 heavy (non-hydrogen) atoms. The van der Waals surface area contributed by atoms with Gasteiger partial charge in [0.1, 0.15) is 13.2 Å². The van der Waals surface area contributed by atoms with E-state index in [1.807, 2.05) is 50.2 Å². The van der Waals surface area contributed by atoms with Crippen LogP contribution >= 0.6 is 27.7 Å². The van der Waals surface area contributed by atoms with E-state index in [9.17, 15) is 9.59 Å². The Bertz CT molecular complexity index is 1360. The number of methoxy groups -OCH3 is 1. The maximum absolute atomic E-state index is 13.0. The molecule has 7 nitrogen and oxygen atoms in total. The highest BCUT2D eigenvalue weighted by Crippen LogP contribution is 2.40. The second-order valence-corrected chi connectivity index (χ2v) is 10.2. The van der Waals surface area contributed by atoms with Crippen LogP contribution in [0.15, 0.2) is 70.0 Å². The van der Waals surface area contributed by atoms with Crippen LogP contribution < -0.4 is 18.9 Å². The van der Waals surface area contributed by atoms with Crippen molar-refractivity contribution in [2.75, 3.05) is 26.9 Å². The number of hydrogen-bond donors (Lipinski definition) is 0. The first kappa shape index (κ1) is 27.6. The molecule has 0 atom stereocenters. The van der Waals surface area contributed by atoms with E-state index in [0.29, 0.717) is 51.2 Å². The predicted octanol–water partition coefficient (Wildman–Crippen LogP) is 6.86. The van der Waals surface area contributed by atoms with Gasteiger partial charge in [-0.3, -0.25) is 14.5 Å². The molecule has 1 fully saturated rings. The summed E-state index contributed by atoms with van der Waals surface area (Å²) in [4.78, 5) is 27.1. The lowest BCUT2D eigenvalue weighted by atomic mass is 10.1. The summed E-state index contributed by atoms with van der Waals surface area (Å²) < 4.78 is 23.6. The van der Waals surface area contributed by atoms with Gasteiger partial charge < -0.3 is 18.9 Å². The molecule has 0 aliphatic carbocycles. The summed E-state index contributed by atoms with van der Waals surface area (Å²) in [7, 11) is 1.56. The van der Waals surface area contributed by atoms with Crippen LogP contribution in [-0.4, -0.2) is 42.9 Å². The molecule has 0 N–H and O–H groups in total. The molecule has 0 saturated carbocycles. The molecular weight excluding hydrogens is 570 g/mol. The average molecular weight is 599 g/mol. The number of carbonyl (C=O) groups excluding carboxylic acids is 2. The molecule has 1 heterocycles. The van der Waals surface area contributed by atoms with Gasteiger partial charge in [-0.2, -0.15) is 0 Å². The number of amides is 2. The van der Waals surface area contributed by atoms with E-state index in [1.54, 1.807) is 31.4 Å². The zero-order valence-electron chi connectivity index (χ0n) is 21.4. The van der Waals surface area contributed by atoms with Gasteiger partial charge in [0, 0.05) is 0 Å². The van der Waals surface area contributed by atoms with Gasteiger partial charge >= 0.3 is 0 Å². The van der Waals surface area contributed by atoms with Crippen LogP contribution in [0.2, 0.25) is 0 Å². The van der Waals surface area contributed by atoms with E-state index in [4.69, 9.17) is 18.9 Å². The third kappa shape index (κ3) is 6.71. The van der Waals surface area contributed by atoms with E-state index in [-0.39, 0.29) is 24.3 Å². The number of halogens is 1. The van der Waals surface area contributed by atoms with Crippen LogP contribution in [0.4, 0.5) is 4.79 Å². The molecule has 2 amide bonds. The van der Waals surface area contributed by atoms with Crippen molar-refractivity contribution in [1.82, 2.24) is 4.90 Å². The summed E-state index contributed by atoms with van der Waals surface area (Å²) in [6.07, 6.45) is 1.68. The van der Waals surface area contributed by atoms with Crippen LogP contribution in [0.1, 0.15) is 23.6 Å². The van der Waals surface area contributed by atoms with E-state index in [1.165, 1.54) is 4.90 Å². The summed E-state index contributed by atoms with van der Waals surface area (Å²) in [6, 6.07) is 19.0. The lowest BCUT2D eigenvalue weighted by Crippen LogP contribution is -2.32. The van der Waals surface area contributed by atoms with Crippen molar-refractivity contribution in [2.45, 2.75) is 20.5 Å². The van der Waals surface area contributed by atoms with Crippen molar-refractivity contribution in [1.29, 1.82) is 0 Å². The number of para-hydroxylation sites is 2. The Balaban J connectivity index is 1.46. The maximum atomic E-state index is 13.0. The molecule has 3 aromatic carbocycles. The Morgan fingerprint density at radius 1 is 0.947 bits per heavy atom. The van der Waals surface area contributed by atoms with E-state index in [2.05, 4.69) is 22.0 Å². The average Bonchev–Trinajstić information content (AvgIpc) is 3.16. The lowest BCUT2D eigenvalue weighted by Gasteiger charge is -2.15. The van der Waals surface area contributed by atoms with Crippen molar-refractivity contribution < 1.29 is 28.5 Å². The van der Waals surface area contributed by atoms with Crippen molar-refractivity contribution in [3.8, 4) is 23.0 Å². The fourth-order valence-corrected chi connectivity index (χ4v) is 5.30. The van der Waals surface area contributed by atoms with E-state index < -0.39 is 0 Å². The summed E-state index contributed by atoms with van der Waals surface area (Å²) >= 11 is 4.48. The number of imide groups is 1. The molecule has 9 heteroatoms. The molecule has 1 aliphatic rings. The third-order valence-corrected chi connectivity index (χ3v) is 7.11. The molecule has 4 rings (SSSR count). The first-order valence-corrected chi connectivity index (χ1v) is 13.7. The standard InChI is InChI=1S/C29H28BrNO6S/c1-4-35-25-16-21(15-22(30)27(25)37-18-20-9-7-8-19(2)14-20)17-26-28(32)31(29(33)38-26)12-13-36-24-11-6-5-10-23(24)34-3/h5-11,14-17H,4,12-13,18H2,1-3H3/b26-17-. The summed E-state index contributed by atoms with van der Waals surface area (Å²) in [5.41, 5.74) is 2.91. The Hall–Kier alpha value is -3.43. The molecule has 198 valence electrons. The van der Waals surface area contributed by atoms with Gasteiger partial charge in [0.05, 0.1) is 29.6 Å². The third-order valence-electron chi connectivity index (χ3n) is 5.61. The van der Waals surface area contributed by atoms with Gasteiger partial charge in [-0.1, -0.05) is 42.0 Å². The topological polar surface area (TPSA) is 74.3 Å². The first-order chi connectivity index (χ1) is 18.4. The van der Waals surface area contributed by atoms with Crippen LogP contribution in [0, 0.1) is 6.92 Å². The summed E-state index contributed by atoms with van der Waals surface area (Å²) in [5, 5.41) is -0.341.